The molecule has 0 saturated heterocycles. The van der Waals surface area contributed by atoms with E-state index in [-0.39, 0.29) is 6.29 Å². The van der Waals surface area contributed by atoms with Gasteiger partial charge in [-0.05, 0) is 5.92 Å². The predicted molar refractivity (Wildman–Crippen MR) is 36.3 cm³/mol. The van der Waals surface area contributed by atoms with Crippen molar-refractivity contribution in [3.63, 3.8) is 0 Å². The summed E-state index contributed by atoms with van der Waals surface area (Å²) in [6, 6.07) is 0. The molecule has 0 radical (unpaired) electrons. The fourth-order valence-corrected chi connectivity index (χ4v) is 0.447. The number of ether oxygens (including phenoxy) is 2. The van der Waals surface area contributed by atoms with Gasteiger partial charge in [-0.2, -0.15) is 0 Å². The molecule has 0 heterocycles. The molecule has 0 aliphatic heterocycles. The van der Waals surface area contributed by atoms with E-state index in [1.807, 2.05) is 0 Å². The van der Waals surface area contributed by atoms with Crippen molar-refractivity contribution in [2.24, 2.45) is 0 Å². The molecule has 0 aromatic heterocycles. The van der Waals surface area contributed by atoms with Gasteiger partial charge in [-0.1, -0.05) is 5.92 Å². The molecular weight excluding hydrogens is 132 g/mol. The second-order valence-corrected chi connectivity index (χ2v) is 1.54. The van der Waals surface area contributed by atoms with Crippen LogP contribution in [0.4, 0.5) is 0 Å². The number of carbonyl (C=O) groups excluding carboxylic acids is 1. The van der Waals surface area contributed by atoms with E-state index in [0.29, 0.717) is 12.7 Å². The maximum Gasteiger partial charge on any atom is 0.192 e. The highest BCUT2D eigenvalue weighted by atomic mass is 16.7. The topological polar surface area (TPSA) is 35.5 Å². The van der Waals surface area contributed by atoms with Gasteiger partial charge in [-0.15, -0.1) is 0 Å². The minimum atomic E-state index is -0.326. The molecular formula is C7H10O3. The minimum Gasteiger partial charge on any atom is -0.355 e. The van der Waals surface area contributed by atoms with Gasteiger partial charge in [0, 0.05) is 14.2 Å². The Bertz CT molecular complexity index is 139. The van der Waals surface area contributed by atoms with Crippen LogP contribution in [0.2, 0.25) is 0 Å². The number of carbonyl (C=O) groups is 1. The fourth-order valence-electron chi connectivity index (χ4n) is 0.447. The van der Waals surface area contributed by atoms with Crippen molar-refractivity contribution >= 4 is 6.29 Å². The Labute approximate surface area is 60.3 Å². The predicted octanol–water partition coefficient (Wildman–Crippen LogP) is 0.198. The zero-order chi connectivity index (χ0) is 7.82. The van der Waals surface area contributed by atoms with E-state index in [4.69, 9.17) is 9.47 Å². The van der Waals surface area contributed by atoms with Crippen molar-refractivity contribution in [3.8, 4) is 11.8 Å². The average molecular weight is 142 g/mol. The third-order valence-electron chi connectivity index (χ3n) is 0.955. The van der Waals surface area contributed by atoms with Crippen molar-refractivity contribution in [1.82, 2.24) is 0 Å². The summed E-state index contributed by atoms with van der Waals surface area (Å²) in [5, 5.41) is 0. The zero-order valence-corrected chi connectivity index (χ0v) is 6.09. The molecule has 3 nitrogen and oxygen atoms in total. The highest BCUT2D eigenvalue weighted by molar-refractivity contribution is 5.72. The molecule has 56 valence electrons. The molecule has 0 atom stereocenters. The van der Waals surface area contributed by atoms with Crippen molar-refractivity contribution < 1.29 is 14.3 Å². The number of aldehydes is 1. The molecule has 0 bridgehead atoms. The Morgan fingerprint density at radius 3 is 2.50 bits per heavy atom. The molecule has 0 N–H and O–H groups in total. The quantitative estimate of drug-likeness (QED) is 0.321. The van der Waals surface area contributed by atoms with Gasteiger partial charge in [0.25, 0.3) is 0 Å². The van der Waals surface area contributed by atoms with Crippen molar-refractivity contribution in [1.29, 1.82) is 0 Å². The summed E-state index contributed by atoms with van der Waals surface area (Å²) in [5.41, 5.74) is 0. The van der Waals surface area contributed by atoms with Gasteiger partial charge in [0.2, 0.25) is 0 Å². The second kappa shape index (κ2) is 6.27. The highest BCUT2D eigenvalue weighted by Crippen LogP contribution is 1.94. The first kappa shape index (κ1) is 9.15. The Morgan fingerprint density at radius 1 is 1.50 bits per heavy atom. The Morgan fingerprint density at radius 2 is 2.10 bits per heavy atom. The molecule has 0 rings (SSSR count). The first-order valence-electron chi connectivity index (χ1n) is 2.82. The molecule has 0 aromatic carbocycles. The summed E-state index contributed by atoms with van der Waals surface area (Å²) in [5.74, 6) is 4.83. The van der Waals surface area contributed by atoms with Gasteiger partial charge in [-0.25, -0.2) is 0 Å². The lowest BCUT2D eigenvalue weighted by Gasteiger charge is -2.07. The number of hydrogen-bond donors (Lipinski definition) is 0. The lowest BCUT2D eigenvalue weighted by molar-refractivity contribution is -0.103. The molecule has 0 unspecified atom stereocenters. The third kappa shape index (κ3) is 4.07. The highest BCUT2D eigenvalue weighted by Gasteiger charge is 1.99. The Balaban J connectivity index is 3.52. The van der Waals surface area contributed by atoms with Crippen LogP contribution in [-0.2, 0) is 14.3 Å². The van der Waals surface area contributed by atoms with Crippen LogP contribution in [0, 0.1) is 11.8 Å². The van der Waals surface area contributed by atoms with Crippen LogP contribution < -0.4 is 0 Å². The lowest BCUT2D eigenvalue weighted by atomic mass is 10.4. The van der Waals surface area contributed by atoms with E-state index in [9.17, 15) is 4.79 Å². The van der Waals surface area contributed by atoms with Gasteiger partial charge >= 0.3 is 0 Å². The Kier molecular flexibility index (Phi) is 5.74. The number of hydrogen-bond acceptors (Lipinski definition) is 3. The number of methoxy groups -OCH3 is 2. The standard InChI is InChI=1S/C7H10O3/c1-9-7(10-2)5-3-4-6-8/h6-7H,5H2,1-2H3. The molecule has 0 spiro atoms. The molecule has 0 fully saturated rings. The van der Waals surface area contributed by atoms with Crippen molar-refractivity contribution in [2.45, 2.75) is 12.7 Å². The van der Waals surface area contributed by atoms with E-state index >= 15 is 0 Å². The van der Waals surface area contributed by atoms with E-state index in [1.165, 1.54) is 14.2 Å². The SMILES string of the molecule is COC(CC#CC=O)OC. The first-order valence-corrected chi connectivity index (χ1v) is 2.82. The summed E-state index contributed by atoms with van der Waals surface area (Å²) in [6.07, 6.45) is 0.640. The first-order chi connectivity index (χ1) is 4.85. The smallest absolute Gasteiger partial charge is 0.192 e. The van der Waals surface area contributed by atoms with Gasteiger partial charge < -0.3 is 9.47 Å². The van der Waals surface area contributed by atoms with Crippen LogP contribution in [0.1, 0.15) is 6.42 Å². The van der Waals surface area contributed by atoms with Gasteiger partial charge in [-0.3, -0.25) is 4.79 Å². The average Bonchev–Trinajstić information content (AvgIpc) is 1.99. The van der Waals surface area contributed by atoms with Gasteiger partial charge in [0.1, 0.15) is 0 Å². The minimum absolute atomic E-state index is 0.326. The van der Waals surface area contributed by atoms with Crippen molar-refractivity contribution in [3.05, 3.63) is 0 Å². The van der Waals surface area contributed by atoms with Crippen LogP contribution in [0.25, 0.3) is 0 Å². The molecule has 0 aliphatic rings. The molecule has 0 amide bonds. The van der Waals surface area contributed by atoms with E-state index in [1.54, 1.807) is 0 Å². The molecule has 0 aliphatic carbocycles. The lowest BCUT2D eigenvalue weighted by Crippen LogP contribution is -2.11. The number of rotatable bonds is 3. The third-order valence-corrected chi connectivity index (χ3v) is 0.955. The fraction of sp³-hybridized carbons (Fsp3) is 0.571. The second-order valence-electron chi connectivity index (χ2n) is 1.54. The summed E-state index contributed by atoms with van der Waals surface area (Å²) < 4.78 is 9.61. The van der Waals surface area contributed by atoms with E-state index in [0.717, 1.165) is 0 Å². The molecule has 3 heteroatoms. The maximum atomic E-state index is 9.71. The van der Waals surface area contributed by atoms with Crippen molar-refractivity contribution in [2.75, 3.05) is 14.2 Å². The maximum absolute atomic E-state index is 9.71. The van der Waals surface area contributed by atoms with E-state index in [2.05, 4.69) is 11.8 Å². The largest absolute Gasteiger partial charge is 0.355 e. The summed E-state index contributed by atoms with van der Waals surface area (Å²) in [7, 11) is 3.05. The summed E-state index contributed by atoms with van der Waals surface area (Å²) >= 11 is 0. The molecule has 0 saturated carbocycles. The summed E-state index contributed by atoms with van der Waals surface area (Å²) in [4.78, 5) is 9.71. The van der Waals surface area contributed by atoms with Gasteiger partial charge in [0.15, 0.2) is 12.6 Å². The van der Waals surface area contributed by atoms with Gasteiger partial charge in [0.05, 0.1) is 6.42 Å². The van der Waals surface area contributed by atoms with Crippen LogP contribution >= 0.6 is 0 Å². The summed E-state index contributed by atoms with van der Waals surface area (Å²) in [6.45, 7) is 0. The monoisotopic (exact) mass is 142 g/mol. The molecule has 10 heavy (non-hydrogen) atoms. The van der Waals surface area contributed by atoms with Crippen LogP contribution in [0.15, 0.2) is 0 Å². The molecule has 0 aromatic rings. The van der Waals surface area contributed by atoms with Crippen LogP contribution in [-0.4, -0.2) is 26.8 Å². The van der Waals surface area contributed by atoms with Crippen LogP contribution in [0.5, 0.6) is 0 Å². The normalized spacial score (nSPS) is 8.70. The van der Waals surface area contributed by atoms with E-state index < -0.39 is 0 Å². The van der Waals surface area contributed by atoms with Crippen LogP contribution in [0.3, 0.4) is 0 Å². The zero-order valence-electron chi connectivity index (χ0n) is 6.09. The Hall–Kier alpha value is -0.850.